The Morgan fingerprint density at radius 3 is 1.18 bits per heavy atom. The van der Waals surface area contributed by atoms with Crippen molar-refractivity contribution in [2.75, 3.05) is 0 Å². The lowest BCUT2D eigenvalue weighted by atomic mass is 9.95. The van der Waals surface area contributed by atoms with E-state index in [1.165, 1.54) is 54.7 Å². The SMILES string of the molecule is C[n+]1c2ccccc2cc2c(-c3cccc4c3cc3ccccc3[n+]4C)cccc21.O=[N+]([O-])[O-].O=[N+]([O-])[O-]. The topological polar surface area (TPSA) is 140 Å². The summed E-state index contributed by atoms with van der Waals surface area (Å²) in [5.74, 6) is 0. The van der Waals surface area contributed by atoms with E-state index in [0.717, 1.165) is 0 Å². The average Bonchev–Trinajstić information content (AvgIpc) is 2.88. The number of fused-ring (bicyclic) bond motifs is 4. The van der Waals surface area contributed by atoms with Gasteiger partial charge in [0.2, 0.25) is 22.1 Å². The maximum atomic E-state index is 8.25. The molecule has 6 rings (SSSR count). The second kappa shape index (κ2) is 10.7. The molecule has 0 aliphatic carbocycles. The Kier molecular flexibility index (Phi) is 7.24. The van der Waals surface area contributed by atoms with Crippen LogP contribution in [0.15, 0.2) is 97.1 Å². The molecule has 0 fully saturated rings. The van der Waals surface area contributed by atoms with Gasteiger partial charge >= 0.3 is 0 Å². The Morgan fingerprint density at radius 1 is 0.500 bits per heavy atom. The molecule has 190 valence electrons. The minimum Gasteiger partial charge on any atom is -0.356 e. The van der Waals surface area contributed by atoms with Crippen molar-refractivity contribution in [3.8, 4) is 11.1 Å². The lowest BCUT2D eigenvalue weighted by Crippen LogP contribution is -2.30. The van der Waals surface area contributed by atoms with Crippen LogP contribution in [0.1, 0.15) is 0 Å². The molecule has 2 heterocycles. The second-order valence-corrected chi connectivity index (χ2v) is 8.45. The Bertz CT molecular complexity index is 1700. The van der Waals surface area contributed by atoms with Crippen LogP contribution in [0.25, 0.3) is 54.7 Å². The molecule has 0 unspecified atom stereocenters. The number of rotatable bonds is 1. The zero-order valence-corrected chi connectivity index (χ0v) is 20.5. The van der Waals surface area contributed by atoms with Crippen molar-refractivity contribution in [2.45, 2.75) is 0 Å². The Balaban J connectivity index is 0.000000373. The first kappa shape index (κ1) is 25.7. The van der Waals surface area contributed by atoms with E-state index in [9.17, 15) is 0 Å². The van der Waals surface area contributed by atoms with Crippen molar-refractivity contribution in [1.82, 2.24) is 0 Å². The van der Waals surface area contributed by atoms with Gasteiger partial charge in [0.15, 0.2) is 0 Å². The average molecular weight is 511 g/mol. The molecule has 0 N–H and O–H groups in total. The van der Waals surface area contributed by atoms with E-state index in [1.807, 2.05) is 0 Å². The molecule has 0 saturated carbocycles. The van der Waals surface area contributed by atoms with E-state index in [2.05, 4.69) is 120 Å². The Morgan fingerprint density at radius 2 is 0.816 bits per heavy atom. The quantitative estimate of drug-likeness (QED) is 0.130. The molecule has 0 saturated heterocycles. The minimum atomic E-state index is -1.75. The zero-order valence-electron chi connectivity index (χ0n) is 20.5. The highest BCUT2D eigenvalue weighted by Crippen LogP contribution is 2.34. The molecule has 0 aliphatic heterocycles. The van der Waals surface area contributed by atoms with Gasteiger partial charge in [-0.25, -0.2) is 0 Å². The Labute approximate surface area is 216 Å². The summed E-state index contributed by atoms with van der Waals surface area (Å²) in [6.45, 7) is 0. The molecule has 0 atom stereocenters. The predicted octanol–water partition coefficient (Wildman–Crippen LogP) is 5.14. The van der Waals surface area contributed by atoms with Crippen LogP contribution in [-0.2, 0) is 14.1 Å². The fraction of sp³-hybridized carbons (Fsp3) is 0.0714. The van der Waals surface area contributed by atoms with Gasteiger partial charge in [-0.05, 0) is 35.4 Å². The molecule has 38 heavy (non-hydrogen) atoms. The van der Waals surface area contributed by atoms with Gasteiger partial charge in [0.05, 0.1) is 20.9 Å². The van der Waals surface area contributed by atoms with Crippen LogP contribution in [0, 0.1) is 30.6 Å². The maximum Gasteiger partial charge on any atom is 0.213 e. The lowest BCUT2D eigenvalue weighted by Gasteiger charge is -2.10. The summed E-state index contributed by atoms with van der Waals surface area (Å²) in [6, 6.07) is 35.1. The van der Waals surface area contributed by atoms with Gasteiger partial charge in [-0.1, -0.05) is 48.5 Å². The van der Waals surface area contributed by atoms with Gasteiger partial charge in [0.1, 0.15) is 14.1 Å². The molecule has 10 heteroatoms. The summed E-state index contributed by atoms with van der Waals surface area (Å²) in [6.07, 6.45) is 0. The third kappa shape index (κ3) is 5.09. The number of hydrogen-bond acceptors (Lipinski definition) is 6. The molecule has 6 aromatic rings. The number of pyridine rings is 2. The van der Waals surface area contributed by atoms with Gasteiger partial charge in [-0.2, -0.15) is 9.13 Å². The molecular weight excluding hydrogens is 488 g/mol. The smallest absolute Gasteiger partial charge is 0.213 e. The van der Waals surface area contributed by atoms with Gasteiger partial charge in [0.25, 0.3) is 0 Å². The highest BCUT2D eigenvalue weighted by Gasteiger charge is 2.19. The fourth-order valence-corrected chi connectivity index (χ4v) is 4.86. The van der Waals surface area contributed by atoms with E-state index in [0.29, 0.717) is 0 Å². The summed E-state index contributed by atoms with van der Waals surface area (Å²) >= 11 is 0. The molecule has 2 aromatic heterocycles. The monoisotopic (exact) mass is 510 g/mol. The first-order chi connectivity index (χ1) is 18.2. The standard InChI is InChI=1S/C28H22N2.2NO3/c1-29-25-13-5-3-9-19(25)17-23-21(11-7-15-27(23)29)22-12-8-16-28-24(22)18-20-10-4-6-14-26(20)30(28)2;2*2-1(3)4/h3-18H,1-2H3;;/q+2;2*-1. The molecule has 0 amide bonds. The van der Waals surface area contributed by atoms with Crippen molar-refractivity contribution in [3.63, 3.8) is 0 Å². The second-order valence-electron chi connectivity index (χ2n) is 8.45. The third-order valence-corrected chi connectivity index (χ3v) is 6.37. The largest absolute Gasteiger partial charge is 0.356 e. The number of aromatic nitrogens is 2. The van der Waals surface area contributed by atoms with Gasteiger partial charge in [-0.3, -0.25) is 0 Å². The van der Waals surface area contributed by atoms with Crippen LogP contribution in [-0.4, -0.2) is 10.2 Å². The molecule has 0 radical (unpaired) electrons. The number of aryl methyl sites for hydroxylation is 2. The predicted molar refractivity (Wildman–Crippen MR) is 145 cm³/mol. The van der Waals surface area contributed by atoms with Crippen molar-refractivity contribution < 1.29 is 19.3 Å². The van der Waals surface area contributed by atoms with Crippen LogP contribution in [0.3, 0.4) is 0 Å². The van der Waals surface area contributed by atoms with Gasteiger partial charge in [-0.15, -0.1) is 0 Å². The third-order valence-electron chi connectivity index (χ3n) is 6.37. The number of benzene rings is 4. The Hall–Kier alpha value is -5.38. The minimum absolute atomic E-state index is 1.24. The van der Waals surface area contributed by atoms with Crippen molar-refractivity contribution in [3.05, 3.63) is 128 Å². The highest BCUT2D eigenvalue weighted by molar-refractivity contribution is 6.06. The molecule has 10 nitrogen and oxygen atoms in total. The van der Waals surface area contributed by atoms with Crippen LogP contribution in [0.2, 0.25) is 0 Å². The number of nitrogens with zero attached hydrogens (tertiary/aromatic N) is 4. The molecule has 4 aromatic carbocycles. The lowest BCUT2D eigenvalue weighted by molar-refractivity contribution is -0.617. The van der Waals surface area contributed by atoms with Crippen LogP contribution in [0.5, 0.6) is 0 Å². The van der Waals surface area contributed by atoms with Crippen molar-refractivity contribution in [2.24, 2.45) is 14.1 Å². The van der Waals surface area contributed by atoms with E-state index in [1.54, 1.807) is 0 Å². The molecule has 0 bridgehead atoms. The van der Waals surface area contributed by atoms with E-state index in [-0.39, 0.29) is 0 Å². The summed E-state index contributed by atoms with van der Waals surface area (Å²) in [5.41, 5.74) is 7.53. The fourth-order valence-electron chi connectivity index (χ4n) is 4.86. The first-order valence-electron chi connectivity index (χ1n) is 11.4. The summed E-state index contributed by atoms with van der Waals surface area (Å²) in [4.78, 5) is 16.5. The summed E-state index contributed by atoms with van der Waals surface area (Å²) in [5, 5.41) is 34.6. The van der Waals surface area contributed by atoms with Gasteiger partial charge in [0, 0.05) is 35.0 Å². The molecule has 0 spiro atoms. The first-order valence-corrected chi connectivity index (χ1v) is 11.4. The number of hydrogen-bond donors (Lipinski definition) is 0. The molecular formula is C28H22N4O6. The van der Waals surface area contributed by atoms with E-state index in [4.69, 9.17) is 30.6 Å². The van der Waals surface area contributed by atoms with Crippen molar-refractivity contribution >= 4 is 43.6 Å². The molecule has 0 aliphatic rings. The van der Waals surface area contributed by atoms with E-state index < -0.39 is 10.2 Å². The van der Waals surface area contributed by atoms with Gasteiger partial charge < -0.3 is 30.6 Å². The highest BCUT2D eigenvalue weighted by atomic mass is 16.9. The van der Waals surface area contributed by atoms with Crippen LogP contribution < -0.4 is 9.13 Å². The van der Waals surface area contributed by atoms with E-state index >= 15 is 0 Å². The maximum absolute atomic E-state index is 8.25. The summed E-state index contributed by atoms with van der Waals surface area (Å²) < 4.78 is 4.60. The number of para-hydroxylation sites is 2. The van der Waals surface area contributed by atoms with Crippen LogP contribution >= 0.6 is 0 Å². The summed E-state index contributed by atoms with van der Waals surface area (Å²) in [7, 11) is 4.32. The normalized spacial score (nSPS) is 10.5. The van der Waals surface area contributed by atoms with Crippen LogP contribution in [0.4, 0.5) is 0 Å². The van der Waals surface area contributed by atoms with Crippen molar-refractivity contribution in [1.29, 1.82) is 0 Å². The zero-order chi connectivity index (χ0) is 27.4.